The lowest BCUT2D eigenvalue weighted by Gasteiger charge is -2.17. The second-order valence-corrected chi connectivity index (χ2v) is 5.83. The molecule has 0 saturated carbocycles. The number of nitrogens with two attached hydrogens (primary N) is 1. The third kappa shape index (κ3) is 9.79. The second-order valence-electron chi connectivity index (χ2n) is 4.75. The topological polar surface area (TPSA) is 176 Å². The van der Waals surface area contributed by atoms with Gasteiger partial charge in [0.1, 0.15) is 18.6 Å². The molecule has 0 bridgehead atoms. The molecule has 0 unspecified atom stereocenters. The Labute approximate surface area is 142 Å². The molecule has 0 radical (unpaired) electrons. The van der Waals surface area contributed by atoms with Crippen molar-refractivity contribution in [2.45, 2.75) is 38.3 Å². The van der Waals surface area contributed by atoms with Crippen LogP contribution in [0.3, 0.4) is 0 Å². The summed E-state index contributed by atoms with van der Waals surface area (Å²) in [5.41, 5.74) is 5.28. The molecule has 0 aliphatic rings. The van der Waals surface area contributed by atoms with E-state index in [1.807, 2.05) is 0 Å². The Bertz CT molecular complexity index is 498. The minimum Gasteiger partial charge on any atom is -0.480 e. The first-order valence-electron chi connectivity index (χ1n) is 7.10. The van der Waals surface area contributed by atoms with Crippen molar-refractivity contribution < 1.29 is 34.2 Å². The lowest BCUT2D eigenvalue weighted by Crippen LogP contribution is -2.49. The van der Waals surface area contributed by atoms with Crippen molar-refractivity contribution in [3.8, 4) is 0 Å². The molecular formula is C13H21N3O7S. The highest BCUT2D eigenvalue weighted by Gasteiger charge is 2.23. The first kappa shape index (κ1) is 21.9. The zero-order valence-corrected chi connectivity index (χ0v) is 13.9. The molecule has 10 nitrogen and oxygen atoms in total. The van der Waals surface area contributed by atoms with Gasteiger partial charge in [-0.2, -0.15) is 0 Å². The van der Waals surface area contributed by atoms with Crippen LogP contribution in [-0.2, 0) is 24.0 Å². The standard InChI is InChI=1S/C13H21N3O7S/c1-2-11(20)24-6-8(12(21)15-5-10(18)19)16-9(17)4-3-7(14)13(22)23/h7-8H,2-6,14H2,1H3,(H,15,21)(H,16,17)(H,18,19)(H,22,23)/t7-,8-/m0/s1. The molecule has 6 N–H and O–H groups in total. The van der Waals surface area contributed by atoms with Crippen LogP contribution < -0.4 is 16.4 Å². The number of hydrogen-bond donors (Lipinski definition) is 5. The highest BCUT2D eigenvalue weighted by Crippen LogP contribution is 2.08. The van der Waals surface area contributed by atoms with Crippen LogP contribution in [0.15, 0.2) is 0 Å². The maximum atomic E-state index is 11.9. The molecule has 0 heterocycles. The van der Waals surface area contributed by atoms with Gasteiger partial charge in [-0.1, -0.05) is 18.7 Å². The Morgan fingerprint density at radius 2 is 1.79 bits per heavy atom. The van der Waals surface area contributed by atoms with E-state index in [1.54, 1.807) is 6.92 Å². The molecule has 0 aliphatic carbocycles. The predicted molar refractivity (Wildman–Crippen MR) is 85.2 cm³/mol. The van der Waals surface area contributed by atoms with Gasteiger partial charge < -0.3 is 26.6 Å². The fourth-order valence-electron chi connectivity index (χ4n) is 1.42. The van der Waals surface area contributed by atoms with Gasteiger partial charge in [-0.3, -0.25) is 24.0 Å². The monoisotopic (exact) mass is 363 g/mol. The van der Waals surface area contributed by atoms with E-state index in [0.29, 0.717) is 0 Å². The average Bonchev–Trinajstić information content (AvgIpc) is 2.53. The summed E-state index contributed by atoms with van der Waals surface area (Å²) in [6, 6.07) is -2.32. The molecule has 24 heavy (non-hydrogen) atoms. The number of amides is 2. The molecule has 0 aromatic heterocycles. The largest absolute Gasteiger partial charge is 0.480 e. The van der Waals surface area contributed by atoms with Gasteiger partial charge in [0, 0.05) is 18.6 Å². The molecule has 2 atom stereocenters. The number of carbonyl (C=O) groups is 5. The Kier molecular flexibility index (Phi) is 10.4. The summed E-state index contributed by atoms with van der Waals surface area (Å²) in [6.45, 7) is 1.02. The van der Waals surface area contributed by atoms with Gasteiger partial charge in [0.15, 0.2) is 5.12 Å². The summed E-state index contributed by atoms with van der Waals surface area (Å²) in [4.78, 5) is 56.1. The molecule has 0 rings (SSSR count). The van der Waals surface area contributed by atoms with E-state index < -0.39 is 42.4 Å². The number of carboxylic acids is 2. The van der Waals surface area contributed by atoms with E-state index in [1.165, 1.54) is 0 Å². The van der Waals surface area contributed by atoms with Crippen LogP contribution in [0.2, 0.25) is 0 Å². The third-order valence-electron chi connectivity index (χ3n) is 2.76. The van der Waals surface area contributed by atoms with Gasteiger partial charge in [-0.15, -0.1) is 0 Å². The lowest BCUT2D eigenvalue weighted by atomic mass is 10.1. The summed E-state index contributed by atoms with van der Waals surface area (Å²) < 4.78 is 0. The fraction of sp³-hybridized carbons (Fsp3) is 0.615. The number of hydrogen-bond acceptors (Lipinski definition) is 7. The molecule has 0 aromatic rings. The lowest BCUT2D eigenvalue weighted by molar-refractivity contribution is -0.139. The zero-order valence-electron chi connectivity index (χ0n) is 13.1. The predicted octanol–water partition coefficient (Wildman–Crippen LogP) is -1.47. The molecule has 0 aliphatic heterocycles. The van der Waals surface area contributed by atoms with E-state index in [4.69, 9.17) is 15.9 Å². The number of rotatable bonds is 11. The molecule has 2 amide bonds. The van der Waals surface area contributed by atoms with Gasteiger partial charge in [0.2, 0.25) is 11.8 Å². The molecule has 0 saturated heterocycles. The van der Waals surface area contributed by atoms with Gasteiger partial charge in [-0.25, -0.2) is 0 Å². The quantitative estimate of drug-likeness (QED) is 0.293. The van der Waals surface area contributed by atoms with Crippen molar-refractivity contribution in [1.82, 2.24) is 10.6 Å². The second kappa shape index (κ2) is 11.4. The number of aliphatic carboxylic acids is 2. The van der Waals surface area contributed by atoms with E-state index >= 15 is 0 Å². The zero-order chi connectivity index (χ0) is 18.7. The van der Waals surface area contributed by atoms with Gasteiger partial charge in [0.05, 0.1) is 0 Å². The summed E-state index contributed by atoms with van der Waals surface area (Å²) >= 11 is 0.838. The maximum absolute atomic E-state index is 11.9. The number of nitrogens with one attached hydrogen (secondary N) is 2. The van der Waals surface area contributed by atoms with E-state index in [-0.39, 0.29) is 30.1 Å². The molecule has 0 spiro atoms. The van der Waals surface area contributed by atoms with E-state index in [0.717, 1.165) is 11.8 Å². The Hall–Kier alpha value is -2.14. The molecular weight excluding hydrogens is 342 g/mol. The summed E-state index contributed by atoms with van der Waals surface area (Å²) in [5, 5.41) is 21.5. The van der Waals surface area contributed by atoms with Crippen LogP contribution in [0.1, 0.15) is 26.2 Å². The van der Waals surface area contributed by atoms with Crippen molar-refractivity contribution in [1.29, 1.82) is 0 Å². The smallest absolute Gasteiger partial charge is 0.322 e. The minimum absolute atomic E-state index is 0.0607. The van der Waals surface area contributed by atoms with Crippen molar-refractivity contribution in [3.63, 3.8) is 0 Å². The van der Waals surface area contributed by atoms with Crippen LogP contribution in [0, 0.1) is 0 Å². The highest BCUT2D eigenvalue weighted by molar-refractivity contribution is 8.13. The third-order valence-corrected chi connectivity index (χ3v) is 3.88. The van der Waals surface area contributed by atoms with Gasteiger partial charge >= 0.3 is 11.9 Å². The normalized spacial score (nSPS) is 12.8. The van der Waals surface area contributed by atoms with Gasteiger partial charge in [-0.05, 0) is 6.42 Å². The number of carbonyl (C=O) groups excluding carboxylic acids is 3. The van der Waals surface area contributed by atoms with Crippen molar-refractivity contribution >= 4 is 40.6 Å². The Morgan fingerprint density at radius 3 is 2.29 bits per heavy atom. The van der Waals surface area contributed by atoms with Crippen LogP contribution in [0.25, 0.3) is 0 Å². The minimum atomic E-state index is -1.25. The average molecular weight is 363 g/mol. The summed E-state index contributed by atoms with van der Waals surface area (Å²) in [5.74, 6) is -3.92. The molecule has 0 fully saturated rings. The Balaban J connectivity index is 4.63. The molecule has 11 heteroatoms. The van der Waals surface area contributed by atoms with E-state index in [9.17, 15) is 24.0 Å². The SMILES string of the molecule is CCC(=O)SC[C@H](NC(=O)CC[C@H](N)C(=O)O)C(=O)NCC(=O)O. The highest BCUT2D eigenvalue weighted by atomic mass is 32.2. The van der Waals surface area contributed by atoms with Crippen molar-refractivity contribution in [2.75, 3.05) is 12.3 Å². The van der Waals surface area contributed by atoms with Crippen LogP contribution in [-0.4, -0.2) is 63.5 Å². The number of carboxylic acid groups (broad SMARTS) is 2. The fourth-order valence-corrected chi connectivity index (χ4v) is 2.22. The summed E-state index contributed by atoms with van der Waals surface area (Å²) in [6.07, 6.45) is -0.0935. The van der Waals surface area contributed by atoms with Gasteiger partial charge in [0.25, 0.3) is 0 Å². The van der Waals surface area contributed by atoms with Crippen LogP contribution in [0.5, 0.6) is 0 Å². The van der Waals surface area contributed by atoms with E-state index in [2.05, 4.69) is 10.6 Å². The van der Waals surface area contributed by atoms with Crippen LogP contribution >= 0.6 is 11.8 Å². The first-order chi connectivity index (χ1) is 11.2. The summed E-state index contributed by atoms with van der Waals surface area (Å²) in [7, 11) is 0. The van der Waals surface area contributed by atoms with Crippen molar-refractivity contribution in [2.24, 2.45) is 5.73 Å². The van der Waals surface area contributed by atoms with Crippen molar-refractivity contribution in [3.05, 3.63) is 0 Å². The van der Waals surface area contributed by atoms with Crippen LogP contribution in [0.4, 0.5) is 0 Å². The molecule has 136 valence electrons. The molecule has 0 aromatic carbocycles. The maximum Gasteiger partial charge on any atom is 0.322 e. The Morgan fingerprint density at radius 1 is 1.17 bits per heavy atom. The number of thioether (sulfide) groups is 1. The first-order valence-corrected chi connectivity index (χ1v) is 8.08.